The van der Waals surface area contributed by atoms with Crippen LogP contribution in [0, 0.1) is 35.5 Å². The van der Waals surface area contributed by atoms with Gasteiger partial charge in [0.25, 0.3) is 23.6 Å². The van der Waals surface area contributed by atoms with Crippen molar-refractivity contribution in [1.29, 1.82) is 0 Å². The maximum Gasteiger partial charge on any atom is 0.251 e. The first-order chi connectivity index (χ1) is 27.4. The molecule has 6 atom stereocenters. The van der Waals surface area contributed by atoms with Crippen molar-refractivity contribution < 1.29 is 19.2 Å². The van der Waals surface area contributed by atoms with Crippen molar-refractivity contribution in [2.24, 2.45) is 35.5 Å². The van der Waals surface area contributed by atoms with E-state index in [1.54, 1.807) is 48.5 Å². The van der Waals surface area contributed by atoms with Crippen molar-refractivity contribution in [3.8, 4) is 0 Å². The molecule has 1 heterocycles. The van der Waals surface area contributed by atoms with Crippen LogP contribution in [0.2, 0.25) is 0 Å². The van der Waals surface area contributed by atoms with E-state index in [2.05, 4.69) is 21.3 Å². The third-order valence-corrected chi connectivity index (χ3v) is 13.7. The molecule has 0 radical (unpaired) electrons. The lowest BCUT2D eigenvalue weighted by Crippen LogP contribution is -2.54. The number of hydrogen-bond acceptors (Lipinski definition) is 4. The number of fused-ring (bicyclic) bond motifs is 10. The van der Waals surface area contributed by atoms with E-state index >= 15 is 0 Å². The van der Waals surface area contributed by atoms with Crippen molar-refractivity contribution in [2.45, 2.75) is 64.5 Å². The first-order valence-corrected chi connectivity index (χ1v) is 20.7. The number of carbonyl (C=O) groups excluding carboxylic acids is 4. The van der Waals surface area contributed by atoms with Gasteiger partial charge >= 0.3 is 0 Å². The van der Waals surface area contributed by atoms with Crippen molar-refractivity contribution in [3.63, 3.8) is 0 Å². The van der Waals surface area contributed by atoms with Gasteiger partial charge in [0.2, 0.25) is 0 Å². The van der Waals surface area contributed by atoms with Gasteiger partial charge in [0, 0.05) is 48.4 Å². The molecule has 5 aromatic rings. The molecule has 5 aromatic carbocycles. The lowest BCUT2D eigenvalue weighted by Gasteiger charge is -2.56. The molecule has 9 rings (SSSR count). The summed E-state index contributed by atoms with van der Waals surface area (Å²) in [7, 11) is 0. The maximum atomic E-state index is 13.8. The highest BCUT2D eigenvalue weighted by Crippen LogP contribution is 2.55. The lowest BCUT2D eigenvalue weighted by molar-refractivity contribution is -0.0585. The van der Waals surface area contributed by atoms with Gasteiger partial charge in [-0.3, -0.25) is 19.2 Å². The summed E-state index contributed by atoms with van der Waals surface area (Å²) in [5.74, 6) is 1.98. The molecule has 56 heavy (non-hydrogen) atoms. The van der Waals surface area contributed by atoms with Crippen molar-refractivity contribution in [1.82, 2.24) is 21.3 Å². The van der Waals surface area contributed by atoms with E-state index in [1.165, 1.54) is 25.7 Å². The van der Waals surface area contributed by atoms with Gasteiger partial charge in [-0.25, -0.2) is 0 Å². The predicted molar refractivity (Wildman–Crippen MR) is 219 cm³/mol. The van der Waals surface area contributed by atoms with E-state index in [4.69, 9.17) is 0 Å². The summed E-state index contributed by atoms with van der Waals surface area (Å²) in [5, 5.41) is 16.9. The molecule has 3 aliphatic carbocycles. The summed E-state index contributed by atoms with van der Waals surface area (Å²) in [4.78, 5) is 55.2. The third-order valence-electron chi connectivity index (χ3n) is 13.7. The first-order valence-electron chi connectivity index (χ1n) is 20.7. The first kappa shape index (κ1) is 36.2. The van der Waals surface area contributed by atoms with Crippen molar-refractivity contribution in [3.05, 3.63) is 130 Å². The van der Waals surface area contributed by atoms with Crippen LogP contribution < -0.4 is 21.3 Å². The number of carbonyl (C=O) groups is 4. The quantitative estimate of drug-likeness (QED) is 0.120. The average molecular weight is 747 g/mol. The second kappa shape index (κ2) is 15.6. The summed E-state index contributed by atoms with van der Waals surface area (Å²) in [6, 6.07) is 30.2. The molecule has 2 unspecified atom stereocenters. The summed E-state index contributed by atoms with van der Waals surface area (Å²) >= 11 is 0. The molecule has 1 aliphatic heterocycles. The summed E-state index contributed by atoms with van der Waals surface area (Å²) in [6.07, 6.45) is 9.40. The van der Waals surface area contributed by atoms with Crippen LogP contribution in [0.25, 0.3) is 21.5 Å². The molecule has 0 saturated heterocycles. The minimum absolute atomic E-state index is 0.142. The lowest BCUT2D eigenvalue weighted by atomic mass is 9.50. The topological polar surface area (TPSA) is 116 Å². The zero-order chi connectivity index (χ0) is 38.2. The molecule has 286 valence electrons. The monoisotopic (exact) mass is 746 g/mol. The highest BCUT2D eigenvalue weighted by molar-refractivity contribution is 6.07. The van der Waals surface area contributed by atoms with Crippen LogP contribution >= 0.6 is 0 Å². The Bertz CT molecular complexity index is 2090. The third kappa shape index (κ3) is 6.84. The normalized spacial score (nSPS) is 26.1. The van der Waals surface area contributed by atoms with Gasteiger partial charge in [0.1, 0.15) is 0 Å². The van der Waals surface area contributed by atoms with Crippen molar-refractivity contribution >= 4 is 45.2 Å². The predicted octanol–water partition coefficient (Wildman–Crippen LogP) is 8.19. The Balaban J connectivity index is 1.08. The minimum atomic E-state index is -0.242. The SMILES string of the molecule is O=C1NCc2c3ccccc3c(c3ccccc23)CNC(=O)c2cccc(c2)C(=O)NCC2[C@H]3CCCC[C@H]3C(CNC(=O)c3cccc1c3)[C@H]1CCCC[C@@H]21. The number of hydrogen-bond donors (Lipinski definition) is 4. The van der Waals surface area contributed by atoms with E-state index in [-0.39, 0.29) is 36.7 Å². The van der Waals surface area contributed by atoms with Crippen LogP contribution in [0.4, 0.5) is 0 Å². The molecule has 3 saturated carbocycles. The van der Waals surface area contributed by atoms with E-state index in [9.17, 15) is 19.2 Å². The molecular formula is C48H50N4O4. The minimum Gasteiger partial charge on any atom is -0.352 e. The largest absolute Gasteiger partial charge is 0.352 e. The molecule has 4 amide bonds. The fraction of sp³-hybridized carbons (Fsp3) is 0.375. The molecule has 8 bridgehead atoms. The zero-order valence-corrected chi connectivity index (χ0v) is 31.8. The zero-order valence-electron chi connectivity index (χ0n) is 31.8. The molecule has 8 heteroatoms. The van der Waals surface area contributed by atoms with Gasteiger partial charge in [-0.15, -0.1) is 0 Å². The van der Waals surface area contributed by atoms with E-state index in [0.29, 0.717) is 70.9 Å². The Labute approximate surface area is 328 Å². The smallest absolute Gasteiger partial charge is 0.251 e. The highest BCUT2D eigenvalue weighted by atomic mass is 16.2. The Morgan fingerprint density at radius 3 is 0.982 bits per heavy atom. The van der Waals surface area contributed by atoms with Crippen LogP contribution in [0.3, 0.4) is 0 Å². The van der Waals surface area contributed by atoms with Gasteiger partial charge in [0.15, 0.2) is 0 Å². The molecule has 4 N–H and O–H groups in total. The summed E-state index contributed by atoms with van der Waals surface area (Å²) in [5.41, 5.74) is 3.82. The van der Waals surface area contributed by atoms with E-state index in [0.717, 1.165) is 58.4 Å². The number of rotatable bonds is 0. The van der Waals surface area contributed by atoms with Gasteiger partial charge in [-0.05, 0) is 130 Å². The van der Waals surface area contributed by atoms with Gasteiger partial charge in [-0.1, -0.05) is 86.3 Å². The van der Waals surface area contributed by atoms with Crippen molar-refractivity contribution in [2.75, 3.05) is 13.1 Å². The Morgan fingerprint density at radius 1 is 0.357 bits per heavy atom. The summed E-state index contributed by atoms with van der Waals surface area (Å²) in [6.45, 7) is 1.82. The second-order valence-corrected chi connectivity index (χ2v) is 16.5. The van der Waals surface area contributed by atoms with Crippen LogP contribution in [-0.2, 0) is 13.1 Å². The second-order valence-electron chi connectivity index (χ2n) is 16.5. The molecule has 4 aliphatic rings. The molecular weight excluding hydrogens is 697 g/mol. The number of benzene rings is 5. The van der Waals surface area contributed by atoms with Crippen LogP contribution in [-0.4, -0.2) is 36.7 Å². The van der Waals surface area contributed by atoms with E-state index in [1.807, 2.05) is 48.5 Å². The Kier molecular flexibility index (Phi) is 10.0. The van der Waals surface area contributed by atoms with Crippen LogP contribution in [0.1, 0.15) is 104 Å². The molecule has 0 spiro atoms. The fourth-order valence-corrected chi connectivity index (χ4v) is 11.2. The maximum absolute atomic E-state index is 13.8. The molecule has 8 nitrogen and oxygen atoms in total. The van der Waals surface area contributed by atoms with Gasteiger partial charge in [-0.2, -0.15) is 0 Å². The van der Waals surface area contributed by atoms with Crippen LogP contribution in [0.15, 0.2) is 97.1 Å². The number of nitrogens with one attached hydrogen (secondary N) is 4. The molecule has 3 fully saturated rings. The summed E-state index contributed by atoms with van der Waals surface area (Å²) < 4.78 is 0. The molecule has 0 aromatic heterocycles. The number of amides is 4. The standard InChI is InChI=1S/C48H50N4O4/c53-45-29-11-9-13-31(23-29)47(55)51-27-43-37-19-5-7-21-39(37)44(40-22-8-6-20-38(40)43)28-52-48(56)32-14-10-12-30(24-32)46(54)50-26-42-34-16-2-1-15-33(34)41(25-49-45)35-17-3-4-18-36(35)42/h1-4,9-18,23-24,37-40,43-44H,5-8,19-22,25-28H2,(H,49,53)(H,50,54)(H,51,55)(H,52,56)/t37-,38+,39+,40-,43?,44?. The van der Waals surface area contributed by atoms with Gasteiger partial charge < -0.3 is 21.3 Å². The average Bonchev–Trinajstić information content (AvgIpc) is 3.25. The van der Waals surface area contributed by atoms with Crippen LogP contribution in [0.5, 0.6) is 0 Å². The fourth-order valence-electron chi connectivity index (χ4n) is 11.2. The Hall–Kier alpha value is -5.50. The van der Waals surface area contributed by atoms with Gasteiger partial charge in [0.05, 0.1) is 0 Å². The highest BCUT2D eigenvalue weighted by Gasteiger charge is 2.50. The van der Waals surface area contributed by atoms with E-state index < -0.39 is 0 Å². The Morgan fingerprint density at radius 2 is 0.661 bits per heavy atom.